The van der Waals surface area contributed by atoms with E-state index in [1.54, 1.807) is 25.6 Å². The maximum Gasteiger partial charge on any atom is 0.244 e. The highest BCUT2D eigenvalue weighted by Gasteiger charge is 2.21. The number of nitrogens with one attached hydrogen (secondary N) is 2. The van der Waals surface area contributed by atoms with E-state index in [2.05, 4.69) is 20.2 Å². The van der Waals surface area contributed by atoms with E-state index in [0.29, 0.717) is 23.9 Å². The number of hydrogen-bond acceptors (Lipinski definition) is 6. The number of furan rings is 1. The molecule has 0 amide bonds. The van der Waals surface area contributed by atoms with E-state index in [4.69, 9.17) is 4.42 Å². The van der Waals surface area contributed by atoms with Crippen molar-refractivity contribution in [1.29, 1.82) is 0 Å². The highest BCUT2D eigenvalue weighted by atomic mass is 32.2. The molecule has 2 heterocycles. The topological polar surface area (TPSA) is 102 Å². The summed E-state index contributed by atoms with van der Waals surface area (Å²) in [6, 6.07) is 1.52. The van der Waals surface area contributed by atoms with Gasteiger partial charge in [0.25, 0.3) is 0 Å². The second kappa shape index (κ2) is 5.73. The maximum absolute atomic E-state index is 12.2. The first-order valence-electron chi connectivity index (χ1n) is 6.00. The van der Waals surface area contributed by atoms with E-state index < -0.39 is 10.0 Å². The van der Waals surface area contributed by atoms with E-state index in [1.165, 1.54) is 12.4 Å². The number of hydrogen-bond donors (Lipinski definition) is 2. The van der Waals surface area contributed by atoms with Crippen LogP contribution in [0.5, 0.6) is 0 Å². The van der Waals surface area contributed by atoms with Crippen molar-refractivity contribution in [3.05, 3.63) is 29.7 Å². The summed E-state index contributed by atoms with van der Waals surface area (Å²) in [5.74, 6) is 1.47. The van der Waals surface area contributed by atoms with Crippen molar-refractivity contribution < 1.29 is 12.8 Å². The van der Waals surface area contributed by atoms with Gasteiger partial charge in [-0.25, -0.2) is 13.1 Å². The van der Waals surface area contributed by atoms with Gasteiger partial charge >= 0.3 is 0 Å². The SMILES string of the molecule is CNCc1cc(S(=O)(=O)NCc2nncn2C)c(C)o1. The van der Waals surface area contributed by atoms with Gasteiger partial charge in [0, 0.05) is 13.1 Å². The largest absolute Gasteiger partial charge is 0.464 e. The average molecular weight is 299 g/mol. The highest BCUT2D eigenvalue weighted by Crippen LogP contribution is 2.19. The van der Waals surface area contributed by atoms with Gasteiger partial charge in [0.05, 0.1) is 13.1 Å². The second-order valence-electron chi connectivity index (χ2n) is 4.35. The van der Waals surface area contributed by atoms with Gasteiger partial charge in [-0.05, 0) is 14.0 Å². The Bertz CT molecular complexity index is 689. The molecule has 0 unspecified atom stereocenters. The number of sulfonamides is 1. The number of rotatable bonds is 6. The molecule has 2 aromatic rings. The lowest BCUT2D eigenvalue weighted by Crippen LogP contribution is -2.25. The Hall–Kier alpha value is -1.71. The molecular formula is C11H17N5O3S. The molecule has 0 saturated heterocycles. The fourth-order valence-electron chi connectivity index (χ4n) is 1.76. The van der Waals surface area contributed by atoms with Gasteiger partial charge in [0.15, 0.2) is 0 Å². The van der Waals surface area contributed by atoms with E-state index in [-0.39, 0.29) is 11.4 Å². The smallest absolute Gasteiger partial charge is 0.244 e. The van der Waals surface area contributed by atoms with Gasteiger partial charge in [-0.15, -0.1) is 10.2 Å². The first-order chi connectivity index (χ1) is 9.44. The Labute approximate surface area is 117 Å². The lowest BCUT2D eigenvalue weighted by atomic mass is 10.4. The molecule has 8 nitrogen and oxygen atoms in total. The molecule has 0 aliphatic rings. The summed E-state index contributed by atoms with van der Waals surface area (Å²) >= 11 is 0. The minimum absolute atomic E-state index is 0.0742. The molecule has 110 valence electrons. The summed E-state index contributed by atoms with van der Waals surface area (Å²) < 4.78 is 34.0. The first-order valence-corrected chi connectivity index (χ1v) is 7.49. The van der Waals surface area contributed by atoms with E-state index in [0.717, 1.165) is 0 Å². The molecule has 9 heteroatoms. The third-order valence-electron chi connectivity index (χ3n) is 2.79. The van der Waals surface area contributed by atoms with Crippen LogP contribution >= 0.6 is 0 Å². The zero-order chi connectivity index (χ0) is 14.8. The summed E-state index contributed by atoms with van der Waals surface area (Å²) in [6.45, 7) is 2.17. The van der Waals surface area contributed by atoms with Crippen LogP contribution in [-0.4, -0.2) is 30.2 Å². The van der Waals surface area contributed by atoms with Crippen LogP contribution < -0.4 is 10.0 Å². The molecule has 0 aliphatic carbocycles. The van der Waals surface area contributed by atoms with Crippen LogP contribution in [-0.2, 0) is 30.2 Å². The minimum Gasteiger partial charge on any atom is -0.464 e. The van der Waals surface area contributed by atoms with Crippen molar-refractivity contribution in [2.75, 3.05) is 7.05 Å². The quantitative estimate of drug-likeness (QED) is 0.773. The van der Waals surface area contributed by atoms with Gasteiger partial charge in [-0.3, -0.25) is 0 Å². The molecule has 0 aliphatic heterocycles. The Kier molecular flexibility index (Phi) is 4.21. The molecule has 2 aromatic heterocycles. The van der Waals surface area contributed by atoms with Crippen LogP contribution in [0.3, 0.4) is 0 Å². The standard InChI is InChI=1S/C11H17N5O3S/c1-8-10(4-9(19-8)5-12-2)20(17,18)14-6-11-15-13-7-16(11)3/h4,7,12,14H,5-6H2,1-3H3. The normalized spacial score (nSPS) is 11.9. The van der Waals surface area contributed by atoms with Crippen molar-refractivity contribution in [1.82, 2.24) is 24.8 Å². The molecule has 0 radical (unpaired) electrons. The van der Waals surface area contributed by atoms with Crippen LogP contribution in [0.2, 0.25) is 0 Å². The summed E-state index contributed by atoms with van der Waals surface area (Å²) in [6.07, 6.45) is 1.51. The van der Waals surface area contributed by atoms with Gasteiger partial charge < -0.3 is 14.3 Å². The Morgan fingerprint density at radius 2 is 2.15 bits per heavy atom. The van der Waals surface area contributed by atoms with Gasteiger partial charge in [0.1, 0.15) is 28.6 Å². The van der Waals surface area contributed by atoms with Crippen LogP contribution in [0.25, 0.3) is 0 Å². The van der Waals surface area contributed by atoms with Crippen LogP contribution in [0, 0.1) is 6.92 Å². The number of aromatic nitrogens is 3. The predicted octanol–water partition coefficient (Wildman–Crippen LogP) is -0.0856. The third-order valence-corrected chi connectivity index (χ3v) is 4.30. The minimum atomic E-state index is -3.63. The molecule has 0 spiro atoms. The Balaban J connectivity index is 2.16. The summed E-state index contributed by atoms with van der Waals surface area (Å²) in [5, 5.41) is 10.4. The molecule has 0 atom stereocenters. The van der Waals surface area contributed by atoms with E-state index in [9.17, 15) is 8.42 Å². The molecule has 0 saturated carbocycles. The fraction of sp³-hybridized carbons (Fsp3) is 0.455. The van der Waals surface area contributed by atoms with Crippen molar-refractivity contribution in [3.8, 4) is 0 Å². The highest BCUT2D eigenvalue weighted by molar-refractivity contribution is 7.89. The van der Waals surface area contributed by atoms with Gasteiger partial charge in [0.2, 0.25) is 10.0 Å². The van der Waals surface area contributed by atoms with Crippen molar-refractivity contribution >= 4 is 10.0 Å². The van der Waals surface area contributed by atoms with Crippen molar-refractivity contribution in [2.45, 2.75) is 24.9 Å². The Morgan fingerprint density at radius 1 is 1.40 bits per heavy atom. The molecule has 2 N–H and O–H groups in total. The van der Waals surface area contributed by atoms with Crippen LogP contribution in [0.15, 0.2) is 21.7 Å². The zero-order valence-corrected chi connectivity index (χ0v) is 12.4. The predicted molar refractivity (Wildman–Crippen MR) is 71.2 cm³/mol. The monoisotopic (exact) mass is 299 g/mol. The second-order valence-corrected chi connectivity index (χ2v) is 6.08. The average Bonchev–Trinajstić information content (AvgIpc) is 2.94. The summed E-state index contributed by atoms with van der Waals surface area (Å²) in [5.41, 5.74) is 0. The first kappa shape index (κ1) is 14.7. The van der Waals surface area contributed by atoms with E-state index in [1.807, 2.05) is 0 Å². The zero-order valence-electron chi connectivity index (χ0n) is 11.5. The lowest BCUT2D eigenvalue weighted by molar-refractivity contribution is 0.465. The number of aryl methyl sites for hydroxylation is 2. The molecule has 2 rings (SSSR count). The fourth-order valence-corrected chi connectivity index (χ4v) is 2.94. The molecule has 0 bridgehead atoms. The molecular weight excluding hydrogens is 282 g/mol. The lowest BCUT2D eigenvalue weighted by Gasteiger charge is -2.04. The molecule has 0 aromatic carbocycles. The van der Waals surface area contributed by atoms with Crippen LogP contribution in [0.4, 0.5) is 0 Å². The van der Waals surface area contributed by atoms with E-state index >= 15 is 0 Å². The van der Waals surface area contributed by atoms with Gasteiger partial charge in [-0.2, -0.15) is 0 Å². The maximum atomic E-state index is 12.2. The van der Waals surface area contributed by atoms with Crippen LogP contribution in [0.1, 0.15) is 17.3 Å². The summed E-state index contributed by atoms with van der Waals surface area (Å²) in [7, 11) is -0.124. The Morgan fingerprint density at radius 3 is 2.75 bits per heavy atom. The van der Waals surface area contributed by atoms with Crippen molar-refractivity contribution in [2.24, 2.45) is 7.05 Å². The number of nitrogens with zero attached hydrogens (tertiary/aromatic N) is 3. The van der Waals surface area contributed by atoms with Crippen molar-refractivity contribution in [3.63, 3.8) is 0 Å². The summed E-state index contributed by atoms with van der Waals surface area (Å²) in [4.78, 5) is 0.143. The third kappa shape index (κ3) is 3.06. The molecule has 20 heavy (non-hydrogen) atoms. The molecule has 0 fully saturated rings. The van der Waals surface area contributed by atoms with Gasteiger partial charge in [-0.1, -0.05) is 0 Å².